The summed E-state index contributed by atoms with van der Waals surface area (Å²) in [6.45, 7) is 6.88. The van der Waals surface area contributed by atoms with Crippen LogP contribution in [0.25, 0.3) is 0 Å². The van der Waals surface area contributed by atoms with E-state index in [1.54, 1.807) is 24.0 Å². The molecule has 0 spiro atoms. The van der Waals surface area contributed by atoms with Gasteiger partial charge < -0.3 is 10.2 Å². The molecule has 25 heavy (non-hydrogen) atoms. The largest absolute Gasteiger partial charge is 0.322 e. The Morgan fingerprint density at radius 3 is 2.40 bits per heavy atom. The van der Waals surface area contributed by atoms with Gasteiger partial charge in [-0.05, 0) is 37.1 Å². The second-order valence-corrected chi connectivity index (χ2v) is 6.50. The second-order valence-electron chi connectivity index (χ2n) is 6.50. The summed E-state index contributed by atoms with van der Waals surface area (Å²) in [5, 5.41) is 2.78. The molecule has 1 aliphatic heterocycles. The minimum absolute atomic E-state index is 0.171. The van der Waals surface area contributed by atoms with Gasteiger partial charge in [-0.2, -0.15) is 0 Å². The Labute approximate surface area is 148 Å². The van der Waals surface area contributed by atoms with Gasteiger partial charge in [0.1, 0.15) is 5.82 Å². The van der Waals surface area contributed by atoms with Crippen LogP contribution < -0.4 is 5.32 Å². The van der Waals surface area contributed by atoms with Crippen LogP contribution in [0.1, 0.15) is 24.1 Å². The zero-order valence-electron chi connectivity index (χ0n) is 14.7. The normalized spacial score (nSPS) is 16.5. The van der Waals surface area contributed by atoms with Gasteiger partial charge in [-0.25, -0.2) is 9.18 Å². The number of nitrogens with one attached hydrogen (secondary N) is 1. The van der Waals surface area contributed by atoms with Crippen molar-refractivity contribution in [2.45, 2.75) is 19.9 Å². The van der Waals surface area contributed by atoms with Gasteiger partial charge in [-0.1, -0.05) is 36.4 Å². The fourth-order valence-corrected chi connectivity index (χ4v) is 3.13. The monoisotopic (exact) mass is 341 g/mol. The van der Waals surface area contributed by atoms with Crippen LogP contribution in [-0.4, -0.2) is 42.0 Å². The Balaban J connectivity index is 1.54. The van der Waals surface area contributed by atoms with E-state index in [1.807, 2.05) is 6.07 Å². The van der Waals surface area contributed by atoms with Crippen LogP contribution in [-0.2, 0) is 0 Å². The van der Waals surface area contributed by atoms with E-state index in [2.05, 4.69) is 41.4 Å². The van der Waals surface area contributed by atoms with E-state index in [0.717, 1.165) is 13.1 Å². The zero-order valence-corrected chi connectivity index (χ0v) is 14.7. The Kier molecular flexibility index (Phi) is 5.34. The molecule has 0 aromatic heterocycles. The molecule has 5 heteroatoms. The van der Waals surface area contributed by atoms with Gasteiger partial charge in [0, 0.05) is 37.9 Å². The van der Waals surface area contributed by atoms with Crippen molar-refractivity contribution >= 4 is 11.7 Å². The Bertz CT molecular complexity index is 727. The molecule has 0 unspecified atom stereocenters. The lowest BCUT2D eigenvalue weighted by molar-refractivity contribution is 0.119. The van der Waals surface area contributed by atoms with Gasteiger partial charge in [0.2, 0.25) is 0 Å². The molecule has 2 aromatic carbocycles. The number of benzene rings is 2. The Hall–Kier alpha value is -2.40. The maximum absolute atomic E-state index is 13.6. The van der Waals surface area contributed by atoms with E-state index in [-0.39, 0.29) is 11.8 Å². The van der Waals surface area contributed by atoms with Crippen LogP contribution in [0.4, 0.5) is 14.9 Å². The minimum Gasteiger partial charge on any atom is -0.322 e. The van der Waals surface area contributed by atoms with Gasteiger partial charge in [-0.15, -0.1) is 0 Å². The molecule has 3 rings (SSSR count). The SMILES string of the molecule is Cc1ccc(NC(=O)N2CCN([C@H](C)c3ccccc3)CC2)cc1F. The summed E-state index contributed by atoms with van der Waals surface area (Å²) in [5.74, 6) is -0.306. The molecule has 2 aromatic rings. The fourth-order valence-electron chi connectivity index (χ4n) is 3.13. The highest BCUT2D eigenvalue weighted by Gasteiger charge is 2.24. The first-order valence-corrected chi connectivity index (χ1v) is 8.65. The lowest BCUT2D eigenvalue weighted by atomic mass is 10.1. The number of aryl methyl sites for hydroxylation is 1. The maximum Gasteiger partial charge on any atom is 0.321 e. The topological polar surface area (TPSA) is 35.6 Å². The molecule has 132 valence electrons. The van der Waals surface area contributed by atoms with Gasteiger partial charge in [0.05, 0.1) is 0 Å². The second kappa shape index (κ2) is 7.66. The summed E-state index contributed by atoms with van der Waals surface area (Å²) in [7, 11) is 0. The van der Waals surface area contributed by atoms with E-state index in [0.29, 0.717) is 30.4 Å². The Morgan fingerprint density at radius 2 is 1.76 bits per heavy atom. The molecule has 0 bridgehead atoms. The smallest absolute Gasteiger partial charge is 0.321 e. The molecule has 4 nitrogen and oxygen atoms in total. The third kappa shape index (κ3) is 4.17. The number of hydrogen-bond donors (Lipinski definition) is 1. The summed E-state index contributed by atoms with van der Waals surface area (Å²) < 4.78 is 13.6. The van der Waals surface area contributed by atoms with Crippen molar-refractivity contribution in [3.8, 4) is 0 Å². The van der Waals surface area contributed by atoms with Crippen LogP contribution in [0.3, 0.4) is 0 Å². The van der Waals surface area contributed by atoms with Crippen LogP contribution in [0.15, 0.2) is 48.5 Å². The standard InChI is InChI=1S/C20H24FN3O/c1-15-8-9-18(14-19(15)21)22-20(25)24-12-10-23(11-13-24)16(2)17-6-4-3-5-7-17/h3-9,14,16H,10-13H2,1-2H3,(H,22,25)/t16-/m1/s1. The number of urea groups is 1. The number of halogens is 1. The van der Waals surface area contributed by atoms with Gasteiger partial charge in [0.15, 0.2) is 0 Å². The summed E-state index contributed by atoms with van der Waals surface area (Å²) >= 11 is 0. The average molecular weight is 341 g/mol. The lowest BCUT2D eigenvalue weighted by Crippen LogP contribution is -2.50. The number of carbonyl (C=O) groups excluding carboxylic acids is 1. The quantitative estimate of drug-likeness (QED) is 0.914. The summed E-state index contributed by atoms with van der Waals surface area (Å²) in [6.07, 6.45) is 0. The molecule has 0 aliphatic carbocycles. The Morgan fingerprint density at radius 1 is 1.08 bits per heavy atom. The fraction of sp³-hybridized carbons (Fsp3) is 0.350. The average Bonchev–Trinajstić information content (AvgIpc) is 2.65. The van der Waals surface area contributed by atoms with Crippen molar-refractivity contribution < 1.29 is 9.18 Å². The molecule has 1 heterocycles. The van der Waals surface area contributed by atoms with Gasteiger partial charge in [0.25, 0.3) is 0 Å². The van der Waals surface area contributed by atoms with Crippen LogP contribution in [0, 0.1) is 12.7 Å². The van der Waals surface area contributed by atoms with E-state index in [9.17, 15) is 9.18 Å². The highest BCUT2D eigenvalue weighted by atomic mass is 19.1. The molecule has 1 aliphatic rings. The molecule has 1 N–H and O–H groups in total. The summed E-state index contributed by atoms with van der Waals surface area (Å²) in [4.78, 5) is 16.5. The van der Waals surface area contributed by atoms with Crippen LogP contribution >= 0.6 is 0 Å². The van der Waals surface area contributed by atoms with Crippen molar-refractivity contribution in [2.24, 2.45) is 0 Å². The van der Waals surface area contributed by atoms with E-state index in [4.69, 9.17) is 0 Å². The van der Waals surface area contributed by atoms with E-state index < -0.39 is 0 Å². The van der Waals surface area contributed by atoms with Gasteiger partial charge >= 0.3 is 6.03 Å². The van der Waals surface area contributed by atoms with Crippen molar-refractivity contribution in [3.63, 3.8) is 0 Å². The molecular formula is C20H24FN3O. The number of hydrogen-bond acceptors (Lipinski definition) is 2. The number of piperazine rings is 1. The highest BCUT2D eigenvalue weighted by Crippen LogP contribution is 2.21. The number of anilines is 1. The first-order valence-electron chi connectivity index (χ1n) is 8.65. The number of rotatable bonds is 3. The lowest BCUT2D eigenvalue weighted by Gasteiger charge is -2.38. The molecule has 1 atom stereocenters. The van der Waals surface area contributed by atoms with Crippen molar-refractivity contribution in [1.82, 2.24) is 9.80 Å². The van der Waals surface area contributed by atoms with Crippen LogP contribution in [0.2, 0.25) is 0 Å². The van der Waals surface area contributed by atoms with Gasteiger partial charge in [-0.3, -0.25) is 4.90 Å². The molecule has 1 saturated heterocycles. The number of carbonyl (C=O) groups is 1. The highest BCUT2D eigenvalue weighted by molar-refractivity contribution is 5.89. The zero-order chi connectivity index (χ0) is 17.8. The predicted octanol–water partition coefficient (Wildman–Crippen LogP) is 4.04. The van der Waals surface area contributed by atoms with Crippen molar-refractivity contribution in [1.29, 1.82) is 0 Å². The number of amides is 2. The van der Waals surface area contributed by atoms with Crippen LogP contribution in [0.5, 0.6) is 0 Å². The van der Waals surface area contributed by atoms with Crippen molar-refractivity contribution in [2.75, 3.05) is 31.5 Å². The first-order chi connectivity index (χ1) is 12.0. The molecule has 2 amide bonds. The third-order valence-corrected chi connectivity index (χ3v) is 4.85. The van der Waals surface area contributed by atoms with E-state index >= 15 is 0 Å². The van der Waals surface area contributed by atoms with Crippen molar-refractivity contribution in [3.05, 3.63) is 65.5 Å². The number of nitrogens with zero attached hydrogens (tertiary/aromatic N) is 2. The maximum atomic E-state index is 13.6. The predicted molar refractivity (Wildman–Crippen MR) is 98.2 cm³/mol. The molecule has 0 radical (unpaired) electrons. The molecule has 1 fully saturated rings. The summed E-state index contributed by atoms with van der Waals surface area (Å²) in [5.41, 5.74) is 2.35. The molecular weight excluding hydrogens is 317 g/mol. The molecule has 0 saturated carbocycles. The van der Waals surface area contributed by atoms with E-state index in [1.165, 1.54) is 11.6 Å². The minimum atomic E-state index is -0.306. The summed E-state index contributed by atoms with van der Waals surface area (Å²) in [6, 6.07) is 15.3. The first kappa shape index (κ1) is 17.4. The third-order valence-electron chi connectivity index (χ3n) is 4.85.